The fraction of sp³-hybridized carbons (Fsp3) is 0.455. The Kier molecular flexibility index (Phi) is 3.56. The third kappa shape index (κ3) is 3.36. The average Bonchev–Trinajstić information content (AvgIpc) is 2.91. The monoisotopic (exact) mass is 253 g/mol. The summed E-state index contributed by atoms with van der Waals surface area (Å²) in [5, 5.41) is 15.7. The van der Waals surface area contributed by atoms with Crippen molar-refractivity contribution in [2.45, 2.75) is 25.4 Å². The van der Waals surface area contributed by atoms with Gasteiger partial charge >= 0.3 is 0 Å². The molecule has 0 amide bonds. The molecule has 6 heteroatoms. The van der Waals surface area contributed by atoms with E-state index in [1.807, 2.05) is 17.5 Å². The number of hydrogen-bond acceptors (Lipinski definition) is 6. The van der Waals surface area contributed by atoms with Crippen LogP contribution in [0.4, 0.5) is 0 Å². The second-order valence-electron chi connectivity index (χ2n) is 4.24. The van der Waals surface area contributed by atoms with Crippen LogP contribution in [0, 0.1) is 0 Å². The first-order valence-electron chi connectivity index (χ1n) is 5.35. The second-order valence-corrected chi connectivity index (χ2v) is 5.27. The molecule has 0 radical (unpaired) electrons. The van der Waals surface area contributed by atoms with Crippen molar-refractivity contribution in [1.82, 2.24) is 10.1 Å². The van der Waals surface area contributed by atoms with Gasteiger partial charge in [0.05, 0.1) is 12.0 Å². The van der Waals surface area contributed by atoms with Crippen LogP contribution in [0.15, 0.2) is 22.0 Å². The van der Waals surface area contributed by atoms with Gasteiger partial charge in [-0.15, -0.1) is 11.3 Å². The highest BCUT2D eigenvalue weighted by Gasteiger charge is 2.22. The van der Waals surface area contributed by atoms with Gasteiger partial charge < -0.3 is 15.4 Å². The number of aromatic nitrogens is 2. The molecule has 0 aliphatic heterocycles. The summed E-state index contributed by atoms with van der Waals surface area (Å²) in [5.41, 5.74) is 4.44. The van der Waals surface area contributed by atoms with E-state index in [1.165, 1.54) is 4.88 Å². The van der Waals surface area contributed by atoms with Crippen LogP contribution in [-0.2, 0) is 12.8 Å². The standard InChI is InChI=1S/C11H15N3O2S/c1-11(15,7-12)6-10-13-9(14-16-10)5-8-3-2-4-17-8/h2-4,15H,5-7,12H2,1H3. The molecule has 1 unspecified atom stereocenters. The average molecular weight is 253 g/mol. The van der Waals surface area contributed by atoms with Gasteiger partial charge in [-0.2, -0.15) is 4.98 Å². The Bertz CT molecular complexity index is 465. The minimum Gasteiger partial charge on any atom is -0.388 e. The van der Waals surface area contributed by atoms with Crippen molar-refractivity contribution in [3.8, 4) is 0 Å². The Labute approximate surface area is 103 Å². The Morgan fingerprint density at radius 2 is 2.41 bits per heavy atom. The summed E-state index contributed by atoms with van der Waals surface area (Å²) in [5.74, 6) is 1.06. The number of nitrogens with two attached hydrogens (primary N) is 1. The van der Waals surface area contributed by atoms with Gasteiger partial charge in [-0.25, -0.2) is 0 Å². The summed E-state index contributed by atoms with van der Waals surface area (Å²) in [7, 11) is 0. The molecule has 0 saturated carbocycles. The third-order valence-corrected chi connectivity index (χ3v) is 3.27. The van der Waals surface area contributed by atoms with Crippen molar-refractivity contribution < 1.29 is 9.63 Å². The lowest BCUT2D eigenvalue weighted by atomic mass is 10.0. The van der Waals surface area contributed by atoms with E-state index in [0.717, 1.165) is 0 Å². The number of rotatable bonds is 5. The lowest BCUT2D eigenvalue weighted by Crippen LogP contribution is -2.36. The topological polar surface area (TPSA) is 85.2 Å². The molecule has 2 aromatic rings. The van der Waals surface area contributed by atoms with Crippen LogP contribution in [0.1, 0.15) is 23.5 Å². The predicted molar refractivity (Wildman–Crippen MR) is 64.8 cm³/mol. The zero-order chi connectivity index (χ0) is 12.3. The van der Waals surface area contributed by atoms with Crippen molar-refractivity contribution in [3.05, 3.63) is 34.1 Å². The molecule has 0 bridgehead atoms. The molecule has 0 aliphatic carbocycles. The smallest absolute Gasteiger partial charge is 0.229 e. The largest absolute Gasteiger partial charge is 0.388 e. The molecule has 0 fully saturated rings. The molecule has 2 rings (SSSR count). The minimum absolute atomic E-state index is 0.162. The highest BCUT2D eigenvalue weighted by Crippen LogP contribution is 2.14. The highest BCUT2D eigenvalue weighted by molar-refractivity contribution is 7.09. The van der Waals surface area contributed by atoms with E-state index >= 15 is 0 Å². The van der Waals surface area contributed by atoms with Gasteiger partial charge in [0.15, 0.2) is 5.82 Å². The van der Waals surface area contributed by atoms with Crippen LogP contribution in [0.25, 0.3) is 0 Å². The molecular formula is C11H15N3O2S. The second kappa shape index (κ2) is 4.95. The summed E-state index contributed by atoms with van der Waals surface area (Å²) in [6.07, 6.45) is 0.937. The van der Waals surface area contributed by atoms with Crippen LogP contribution in [0.5, 0.6) is 0 Å². The van der Waals surface area contributed by atoms with Gasteiger partial charge in [0.25, 0.3) is 0 Å². The summed E-state index contributed by atoms with van der Waals surface area (Å²) in [6.45, 7) is 1.81. The first-order valence-corrected chi connectivity index (χ1v) is 6.23. The lowest BCUT2D eigenvalue weighted by molar-refractivity contribution is 0.0610. The van der Waals surface area contributed by atoms with E-state index in [2.05, 4.69) is 10.1 Å². The summed E-state index contributed by atoms with van der Waals surface area (Å²) < 4.78 is 5.08. The van der Waals surface area contributed by atoms with E-state index in [9.17, 15) is 5.11 Å². The summed E-state index contributed by atoms with van der Waals surface area (Å²) in [6, 6.07) is 4.01. The molecule has 1 atom stereocenters. The molecule has 2 heterocycles. The normalized spacial score (nSPS) is 14.8. The third-order valence-electron chi connectivity index (χ3n) is 2.39. The summed E-state index contributed by atoms with van der Waals surface area (Å²) in [4.78, 5) is 5.41. The maximum Gasteiger partial charge on any atom is 0.229 e. The van der Waals surface area contributed by atoms with Crippen LogP contribution in [-0.4, -0.2) is 27.4 Å². The van der Waals surface area contributed by atoms with Gasteiger partial charge in [-0.3, -0.25) is 0 Å². The van der Waals surface area contributed by atoms with Gasteiger partial charge in [-0.05, 0) is 18.4 Å². The number of nitrogens with zero attached hydrogens (tertiary/aromatic N) is 2. The maximum absolute atomic E-state index is 9.79. The molecule has 5 nitrogen and oxygen atoms in total. The van der Waals surface area contributed by atoms with Gasteiger partial charge in [-0.1, -0.05) is 11.2 Å². The van der Waals surface area contributed by atoms with E-state index in [-0.39, 0.29) is 13.0 Å². The molecular weight excluding hydrogens is 238 g/mol. The molecule has 17 heavy (non-hydrogen) atoms. The molecule has 0 saturated heterocycles. The highest BCUT2D eigenvalue weighted by atomic mass is 32.1. The fourth-order valence-corrected chi connectivity index (χ4v) is 2.10. The van der Waals surface area contributed by atoms with E-state index in [4.69, 9.17) is 10.3 Å². The lowest BCUT2D eigenvalue weighted by Gasteiger charge is -2.17. The van der Waals surface area contributed by atoms with Crippen LogP contribution >= 0.6 is 11.3 Å². The quantitative estimate of drug-likeness (QED) is 0.829. The Morgan fingerprint density at radius 3 is 3.06 bits per heavy atom. The fourth-order valence-electron chi connectivity index (χ4n) is 1.40. The SMILES string of the molecule is CC(O)(CN)Cc1nc(Cc2cccs2)no1. The van der Waals surface area contributed by atoms with Crippen molar-refractivity contribution in [2.24, 2.45) is 5.73 Å². The summed E-state index contributed by atoms with van der Waals surface area (Å²) >= 11 is 1.65. The molecule has 0 spiro atoms. The molecule has 0 aliphatic rings. The molecule has 0 aromatic carbocycles. The van der Waals surface area contributed by atoms with E-state index in [1.54, 1.807) is 18.3 Å². The number of aliphatic hydroxyl groups is 1. The first kappa shape index (κ1) is 12.2. The van der Waals surface area contributed by atoms with Crippen molar-refractivity contribution in [2.75, 3.05) is 6.54 Å². The number of hydrogen-bond donors (Lipinski definition) is 2. The van der Waals surface area contributed by atoms with E-state index in [0.29, 0.717) is 18.1 Å². The first-order chi connectivity index (χ1) is 8.09. The van der Waals surface area contributed by atoms with Crippen LogP contribution in [0.2, 0.25) is 0 Å². The zero-order valence-electron chi connectivity index (χ0n) is 9.59. The van der Waals surface area contributed by atoms with Gasteiger partial charge in [0.1, 0.15) is 0 Å². The van der Waals surface area contributed by atoms with Crippen molar-refractivity contribution >= 4 is 11.3 Å². The van der Waals surface area contributed by atoms with Gasteiger partial charge in [0, 0.05) is 17.8 Å². The van der Waals surface area contributed by atoms with Crippen LogP contribution in [0.3, 0.4) is 0 Å². The van der Waals surface area contributed by atoms with E-state index < -0.39 is 5.60 Å². The minimum atomic E-state index is -0.993. The van der Waals surface area contributed by atoms with Crippen molar-refractivity contribution in [1.29, 1.82) is 0 Å². The zero-order valence-corrected chi connectivity index (χ0v) is 10.4. The predicted octanol–water partition coefficient (Wildman–Crippen LogP) is 0.974. The molecule has 3 N–H and O–H groups in total. The van der Waals surface area contributed by atoms with Gasteiger partial charge in [0.2, 0.25) is 5.89 Å². The van der Waals surface area contributed by atoms with Crippen molar-refractivity contribution in [3.63, 3.8) is 0 Å². The molecule has 92 valence electrons. The Balaban J connectivity index is 2.01. The number of thiophene rings is 1. The van der Waals surface area contributed by atoms with Crippen LogP contribution < -0.4 is 5.73 Å². The maximum atomic E-state index is 9.79. The Hall–Kier alpha value is -1.24. The Morgan fingerprint density at radius 1 is 1.59 bits per heavy atom. The molecule has 2 aromatic heterocycles.